The molecule has 0 amide bonds. The Labute approximate surface area is 189 Å². The van der Waals surface area contributed by atoms with Gasteiger partial charge in [0.2, 0.25) is 0 Å². The van der Waals surface area contributed by atoms with Crippen molar-refractivity contribution in [3.8, 4) is 0 Å². The minimum absolute atomic E-state index is 0.533. The Morgan fingerprint density at radius 3 is 2.13 bits per heavy atom. The number of hydrogen-bond donors (Lipinski definition) is 3. The standard InChI is InChI=1S/C21H34Cl2N2O5/c1-15-18(26)19(27)20(28)21(30-15)25(29-2)12-4-3-5-16-6-8-17(9-7-16)24(13-10-22)14-11-23/h6-9,15,18-21,26-28H,3-5,10-14H2,1-2H3/t15-,18+,19+,20-,21-/m0/s1. The molecular weight excluding hydrogens is 431 g/mol. The van der Waals surface area contributed by atoms with Crippen LogP contribution in [0.25, 0.3) is 0 Å². The summed E-state index contributed by atoms with van der Waals surface area (Å²) in [5.41, 5.74) is 2.35. The van der Waals surface area contributed by atoms with Crippen molar-refractivity contribution in [1.29, 1.82) is 0 Å². The van der Waals surface area contributed by atoms with E-state index in [1.807, 2.05) is 0 Å². The first-order valence-electron chi connectivity index (χ1n) is 10.4. The number of benzene rings is 1. The van der Waals surface area contributed by atoms with Crippen molar-refractivity contribution < 1.29 is 24.9 Å². The average Bonchev–Trinajstić information content (AvgIpc) is 2.75. The molecule has 1 saturated heterocycles. The molecule has 0 radical (unpaired) electrons. The number of anilines is 1. The molecular formula is C21H34Cl2N2O5. The highest BCUT2D eigenvalue weighted by atomic mass is 35.5. The van der Waals surface area contributed by atoms with Gasteiger partial charge in [0.15, 0.2) is 6.23 Å². The van der Waals surface area contributed by atoms with Gasteiger partial charge in [0.1, 0.15) is 18.3 Å². The second-order valence-corrected chi connectivity index (χ2v) is 8.27. The topological polar surface area (TPSA) is 85.6 Å². The zero-order valence-electron chi connectivity index (χ0n) is 17.7. The number of aryl methyl sites for hydroxylation is 1. The van der Waals surface area contributed by atoms with Gasteiger partial charge in [-0.1, -0.05) is 12.1 Å². The molecule has 2 rings (SSSR count). The first-order valence-corrected chi connectivity index (χ1v) is 11.5. The van der Waals surface area contributed by atoms with Crippen molar-refractivity contribution in [2.75, 3.05) is 43.4 Å². The highest BCUT2D eigenvalue weighted by Gasteiger charge is 2.44. The number of aliphatic hydroxyl groups is 3. The van der Waals surface area contributed by atoms with Crippen LogP contribution in [0.3, 0.4) is 0 Å². The summed E-state index contributed by atoms with van der Waals surface area (Å²) in [6.45, 7) is 3.72. The molecule has 0 spiro atoms. The molecule has 1 aromatic carbocycles. The minimum atomic E-state index is -1.27. The van der Waals surface area contributed by atoms with Gasteiger partial charge in [-0.3, -0.25) is 4.84 Å². The predicted octanol–water partition coefficient (Wildman–Crippen LogP) is 1.98. The van der Waals surface area contributed by atoms with E-state index in [0.29, 0.717) is 18.3 Å². The zero-order valence-corrected chi connectivity index (χ0v) is 19.2. The van der Waals surface area contributed by atoms with Crippen LogP contribution in [0.1, 0.15) is 25.3 Å². The molecule has 1 heterocycles. The lowest BCUT2D eigenvalue weighted by atomic mass is 9.99. The number of alkyl halides is 2. The number of hydrogen-bond acceptors (Lipinski definition) is 7. The van der Waals surface area contributed by atoms with Gasteiger partial charge in [0.05, 0.1) is 13.2 Å². The van der Waals surface area contributed by atoms with Gasteiger partial charge in [0.25, 0.3) is 0 Å². The first-order chi connectivity index (χ1) is 14.4. The van der Waals surface area contributed by atoms with E-state index in [4.69, 9.17) is 32.8 Å². The molecule has 1 fully saturated rings. The Kier molecular flexibility index (Phi) is 11.1. The zero-order chi connectivity index (χ0) is 22.1. The molecule has 30 heavy (non-hydrogen) atoms. The quantitative estimate of drug-likeness (QED) is 0.247. The molecule has 1 aromatic rings. The highest BCUT2D eigenvalue weighted by Crippen LogP contribution is 2.24. The number of hydroxylamine groups is 2. The fourth-order valence-corrected chi connectivity index (χ4v) is 4.04. The lowest BCUT2D eigenvalue weighted by Gasteiger charge is -2.43. The number of unbranched alkanes of at least 4 members (excludes halogenated alkanes) is 1. The molecule has 0 aliphatic carbocycles. The molecule has 5 atom stereocenters. The summed E-state index contributed by atoms with van der Waals surface area (Å²) in [5.74, 6) is 1.12. The van der Waals surface area contributed by atoms with Crippen LogP contribution in [0.5, 0.6) is 0 Å². The van der Waals surface area contributed by atoms with E-state index in [2.05, 4.69) is 29.2 Å². The van der Waals surface area contributed by atoms with Crippen LogP contribution in [-0.4, -0.2) is 89.5 Å². The summed E-state index contributed by atoms with van der Waals surface area (Å²) >= 11 is 11.7. The molecule has 0 saturated carbocycles. The Hall–Kier alpha value is -0.640. The molecule has 1 aliphatic rings. The molecule has 1 aliphatic heterocycles. The van der Waals surface area contributed by atoms with Gasteiger partial charge >= 0.3 is 0 Å². The SMILES string of the molecule is CON(CCCCc1ccc(N(CCCl)CCCl)cc1)[C@H]1O[C@@H](C)[C@@H](O)[C@@H](O)[C@@H]1O. The van der Waals surface area contributed by atoms with Crippen LogP contribution in [0, 0.1) is 0 Å². The first kappa shape index (κ1) is 25.6. The van der Waals surface area contributed by atoms with E-state index in [0.717, 1.165) is 38.0 Å². The monoisotopic (exact) mass is 464 g/mol. The fourth-order valence-electron chi connectivity index (χ4n) is 3.63. The highest BCUT2D eigenvalue weighted by molar-refractivity contribution is 6.18. The van der Waals surface area contributed by atoms with Crippen LogP contribution in [0.15, 0.2) is 24.3 Å². The van der Waals surface area contributed by atoms with Crippen molar-refractivity contribution in [2.24, 2.45) is 0 Å². The van der Waals surface area contributed by atoms with Gasteiger partial charge in [0, 0.05) is 37.1 Å². The van der Waals surface area contributed by atoms with Gasteiger partial charge < -0.3 is 25.0 Å². The van der Waals surface area contributed by atoms with Gasteiger partial charge in [-0.25, -0.2) is 0 Å². The molecule has 0 aromatic heterocycles. The van der Waals surface area contributed by atoms with E-state index in [9.17, 15) is 15.3 Å². The van der Waals surface area contributed by atoms with Crippen LogP contribution >= 0.6 is 23.2 Å². The third kappa shape index (κ3) is 6.93. The van der Waals surface area contributed by atoms with Crippen molar-refractivity contribution >= 4 is 28.9 Å². The smallest absolute Gasteiger partial charge is 0.161 e. The van der Waals surface area contributed by atoms with Gasteiger partial charge in [-0.15, -0.1) is 23.2 Å². The molecule has 9 heteroatoms. The number of ether oxygens (including phenoxy) is 1. The maximum Gasteiger partial charge on any atom is 0.161 e. The summed E-state index contributed by atoms with van der Waals surface area (Å²) in [6.07, 6.45) is -2.40. The van der Waals surface area contributed by atoms with Crippen LogP contribution < -0.4 is 4.90 Å². The van der Waals surface area contributed by atoms with Gasteiger partial charge in [-0.05, 0) is 43.9 Å². The molecule has 172 valence electrons. The van der Waals surface area contributed by atoms with Crippen molar-refractivity contribution in [1.82, 2.24) is 5.06 Å². The van der Waals surface area contributed by atoms with E-state index < -0.39 is 30.6 Å². The summed E-state index contributed by atoms with van der Waals surface area (Å²) in [6, 6.07) is 8.42. The second-order valence-electron chi connectivity index (χ2n) is 7.52. The van der Waals surface area contributed by atoms with Crippen LogP contribution in [0.4, 0.5) is 5.69 Å². The molecule has 3 N–H and O–H groups in total. The minimum Gasteiger partial charge on any atom is -0.388 e. The van der Waals surface area contributed by atoms with Crippen LogP contribution in [-0.2, 0) is 16.0 Å². The Morgan fingerprint density at radius 1 is 0.933 bits per heavy atom. The number of halogens is 2. The summed E-state index contributed by atoms with van der Waals surface area (Å²) in [5, 5.41) is 31.6. The molecule has 7 nitrogen and oxygen atoms in total. The molecule has 0 unspecified atom stereocenters. The summed E-state index contributed by atoms with van der Waals surface area (Å²) in [4.78, 5) is 7.53. The lowest BCUT2D eigenvalue weighted by molar-refractivity contribution is -0.322. The van der Waals surface area contributed by atoms with Crippen molar-refractivity contribution in [3.63, 3.8) is 0 Å². The van der Waals surface area contributed by atoms with Crippen molar-refractivity contribution in [2.45, 2.75) is 56.8 Å². The van der Waals surface area contributed by atoms with E-state index >= 15 is 0 Å². The van der Waals surface area contributed by atoms with E-state index in [1.165, 1.54) is 17.7 Å². The summed E-state index contributed by atoms with van der Waals surface area (Å²) in [7, 11) is 1.50. The Morgan fingerprint density at radius 2 is 1.57 bits per heavy atom. The maximum absolute atomic E-state index is 10.2. The Balaban J connectivity index is 1.82. The third-order valence-electron chi connectivity index (χ3n) is 5.45. The second kappa shape index (κ2) is 13.0. The average molecular weight is 465 g/mol. The third-order valence-corrected chi connectivity index (χ3v) is 5.79. The predicted molar refractivity (Wildman–Crippen MR) is 119 cm³/mol. The van der Waals surface area contributed by atoms with Crippen LogP contribution in [0.2, 0.25) is 0 Å². The number of nitrogens with zero attached hydrogens (tertiary/aromatic N) is 2. The van der Waals surface area contributed by atoms with E-state index in [-0.39, 0.29) is 0 Å². The number of aliphatic hydroxyl groups excluding tert-OH is 3. The van der Waals surface area contributed by atoms with E-state index in [1.54, 1.807) is 6.92 Å². The largest absolute Gasteiger partial charge is 0.388 e. The number of rotatable bonds is 12. The van der Waals surface area contributed by atoms with Crippen molar-refractivity contribution in [3.05, 3.63) is 29.8 Å². The fraction of sp³-hybridized carbons (Fsp3) is 0.714. The van der Waals surface area contributed by atoms with Gasteiger partial charge in [-0.2, -0.15) is 5.06 Å². The summed E-state index contributed by atoms with van der Waals surface area (Å²) < 4.78 is 5.64. The Bertz CT molecular complexity index is 604. The normalized spacial score (nSPS) is 26.9. The molecule has 0 bridgehead atoms. The lowest BCUT2D eigenvalue weighted by Crippen LogP contribution is -2.61. The maximum atomic E-state index is 10.2.